The van der Waals surface area contributed by atoms with Crippen LogP contribution in [0.15, 0.2) is 40.5 Å². The number of ether oxygens (including phenoxy) is 1. The molecule has 102 valence electrons. The van der Waals surface area contributed by atoms with Gasteiger partial charge < -0.3 is 15.5 Å². The molecule has 0 spiro atoms. The summed E-state index contributed by atoms with van der Waals surface area (Å²) in [6.45, 7) is 2.60. The Kier molecular flexibility index (Phi) is 3.42. The van der Waals surface area contributed by atoms with Crippen LogP contribution in [0, 0.1) is 0 Å². The van der Waals surface area contributed by atoms with Crippen molar-refractivity contribution in [2.75, 3.05) is 12.3 Å². The van der Waals surface area contributed by atoms with E-state index in [2.05, 4.69) is 20.2 Å². The Morgan fingerprint density at radius 3 is 2.90 bits per heavy atom. The van der Waals surface area contributed by atoms with Gasteiger partial charge in [-0.25, -0.2) is 4.98 Å². The molecule has 3 N–H and O–H groups in total. The van der Waals surface area contributed by atoms with E-state index < -0.39 is 0 Å². The van der Waals surface area contributed by atoms with Crippen LogP contribution >= 0.6 is 11.8 Å². The van der Waals surface area contributed by atoms with E-state index in [0.717, 1.165) is 27.0 Å². The van der Waals surface area contributed by atoms with Crippen LogP contribution in [0.1, 0.15) is 6.92 Å². The molecule has 0 fully saturated rings. The van der Waals surface area contributed by atoms with Gasteiger partial charge in [-0.3, -0.25) is 0 Å². The SMILES string of the molecule is CCOc1ccc2nc(Sc3ccc(N)nn3)[nH]c2c1. The Bertz CT molecular complexity index is 725. The molecule has 20 heavy (non-hydrogen) atoms. The second-order valence-corrected chi connectivity index (χ2v) is 5.06. The van der Waals surface area contributed by atoms with E-state index in [1.165, 1.54) is 11.8 Å². The fourth-order valence-corrected chi connectivity index (χ4v) is 2.47. The van der Waals surface area contributed by atoms with Gasteiger partial charge in [0.1, 0.15) is 16.6 Å². The number of fused-ring (bicyclic) bond motifs is 1. The Balaban J connectivity index is 1.86. The first-order chi connectivity index (χ1) is 9.74. The Labute approximate surface area is 119 Å². The summed E-state index contributed by atoms with van der Waals surface area (Å²) in [5, 5.41) is 9.30. The number of benzene rings is 1. The number of hydrogen-bond donors (Lipinski definition) is 2. The maximum Gasteiger partial charge on any atom is 0.172 e. The van der Waals surface area contributed by atoms with Gasteiger partial charge in [0.15, 0.2) is 5.16 Å². The summed E-state index contributed by atoms with van der Waals surface area (Å²) in [7, 11) is 0. The van der Waals surface area contributed by atoms with E-state index in [1.807, 2.05) is 31.2 Å². The minimum atomic E-state index is 0.403. The number of rotatable bonds is 4. The van der Waals surface area contributed by atoms with E-state index >= 15 is 0 Å². The highest BCUT2D eigenvalue weighted by molar-refractivity contribution is 7.99. The van der Waals surface area contributed by atoms with E-state index in [-0.39, 0.29) is 0 Å². The predicted octanol–water partition coefficient (Wildman–Crippen LogP) is 2.48. The summed E-state index contributed by atoms with van der Waals surface area (Å²) in [6.07, 6.45) is 0. The largest absolute Gasteiger partial charge is 0.494 e. The number of nitrogens with two attached hydrogens (primary N) is 1. The number of imidazole rings is 1. The van der Waals surface area contributed by atoms with E-state index in [9.17, 15) is 0 Å². The Morgan fingerprint density at radius 2 is 2.15 bits per heavy atom. The second kappa shape index (κ2) is 5.38. The fourth-order valence-electron chi connectivity index (χ4n) is 1.75. The van der Waals surface area contributed by atoms with Gasteiger partial charge in [0.25, 0.3) is 0 Å². The number of H-pyrrole nitrogens is 1. The van der Waals surface area contributed by atoms with Crippen molar-refractivity contribution in [2.45, 2.75) is 17.1 Å². The van der Waals surface area contributed by atoms with E-state index in [0.29, 0.717) is 12.4 Å². The molecular formula is C13H13N5OS. The third kappa shape index (κ3) is 2.67. The van der Waals surface area contributed by atoms with Crippen LogP contribution in [0.4, 0.5) is 5.82 Å². The molecule has 0 saturated heterocycles. The molecule has 0 radical (unpaired) electrons. The summed E-state index contributed by atoms with van der Waals surface area (Å²) in [6, 6.07) is 9.29. The number of hydrogen-bond acceptors (Lipinski definition) is 6. The van der Waals surface area contributed by atoms with Crippen LogP contribution in [0.25, 0.3) is 11.0 Å². The van der Waals surface area contributed by atoms with Crippen LogP contribution < -0.4 is 10.5 Å². The summed E-state index contributed by atoms with van der Waals surface area (Å²) in [5.41, 5.74) is 7.33. The van der Waals surface area contributed by atoms with Gasteiger partial charge in [-0.05, 0) is 43.0 Å². The van der Waals surface area contributed by atoms with Crippen LogP contribution in [-0.4, -0.2) is 26.8 Å². The molecule has 0 unspecified atom stereocenters. The second-order valence-electron chi connectivity index (χ2n) is 4.05. The van der Waals surface area contributed by atoms with Crippen LogP contribution in [0.5, 0.6) is 5.75 Å². The maximum absolute atomic E-state index is 5.51. The van der Waals surface area contributed by atoms with E-state index in [1.54, 1.807) is 6.07 Å². The molecule has 0 aliphatic carbocycles. The van der Waals surface area contributed by atoms with Crippen molar-refractivity contribution in [3.63, 3.8) is 0 Å². The zero-order chi connectivity index (χ0) is 13.9. The van der Waals surface area contributed by atoms with Crippen LogP contribution in [-0.2, 0) is 0 Å². The third-order valence-electron chi connectivity index (χ3n) is 2.60. The quantitative estimate of drug-likeness (QED) is 0.766. The molecule has 0 saturated carbocycles. The maximum atomic E-state index is 5.51. The molecule has 3 aromatic rings. The van der Waals surface area contributed by atoms with Gasteiger partial charge in [-0.1, -0.05) is 0 Å². The molecule has 6 nitrogen and oxygen atoms in total. The van der Waals surface area contributed by atoms with Gasteiger partial charge in [0, 0.05) is 6.07 Å². The number of nitrogens with one attached hydrogen (secondary N) is 1. The first-order valence-electron chi connectivity index (χ1n) is 6.14. The molecule has 7 heteroatoms. The lowest BCUT2D eigenvalue weighted by molar-refractivity contribution is 0.340. The summed E-state index contributed by atoms with van der Waals surface area (Å²) in [5.74, 6) is 1.23. The Morgan fingerprint density at radius 1 is 1.25 bits per heavy atom. The topological polar surface area (TPSA) is 89.7 Å². The van der Waals surface area contributed by atoms with Gasteiger partial charge in [-0.15, -0.1) is 10.2 Å². The van der Waals surface area contributed by atoms with Crippen molar-refractivity contribution in [3.05, 3.63) is 30.3 Å². The van der Waals surface area contributed by atoms with Crippen molar-refractivity contribution in [1.82, 2.24) is 20.2 Å². The molecule has 0 amide bonds. The number of anilines is 1. The van der Waals surface area contributed by atoms with Crippen molar-refractivity contribution in [1.29, 1.82) is 0 Å². The predicted molar refractivity (Wildman–Crippen MR) is 77.8 cm³/mol. The lowest BCUT2D eigenvalue weighted by Gasteiger charge is -2.00. The zero-order valence-corrected chi connectivity index (χ0v) is 11.6. The summed E-state index contributed by atoms with van der Waals surface area (Å²) < 4.78 is 5.46. The highest BCUT2D eigenvalue weighted by Crippen LogP contribution is 2.27. The van der Waals surface area contributed by atoms with Gasteiger partial charge in [-0.2, -0.15) is 0 Å². The standard InChI is InChI=1S/C13H13N5OS/c1-2-19-8-3-4-9-10(7-8)16-13(15-9)20-12-6-5-11(14)17-18-12/h3-7H,2H2,1H3,(H2,14,17)(H,15,16). The number of nitrogens with zero attached hydrogens (tertiary/aromatic N) is 3. The molecule has 2 aromatic heterocycles. The average molecular weight is 287 g/mol. The molecule has 1 aromatic carbocycles. The third-order valence-corrected chi connectivity index (χ3v) is 3.42. The van der Waals surface area contributed by atoms with Crippen molar-refractivity contribution in [2.24, 2.45) is 0 Å². The normalized spacial score (nSPS) is 10.8. The fraction of sp³-hybridized carbons (Fsp3) is 0.154. The summed E-state index contributed by atoms with van der Waals surface area (Å²) in [4.78, 5) is 7.71. The molecule has 0 aliphatic rings. The first-order valence-corrected chi connectivity index (χ1v) is 6.96. The average Bonchev–Trinajstić information content (AvgIpc) is 2.83. The zero-order valence-electron chi connectivity index (χ0n) is 10.8. The lowest BCUT2D eigenvalue weighted by atomic mass is 10.3. The molecule has 0 aliphatic heterocycles. The van der Waals surface area contributed by atoms with Crippen molar-refractivity contribution in [3.8, 4) is 5.75 Å². The summed E-state index contributed by atoms with van der Waals surface area (Å²) >= 11 is 1.40. The number of aromatic nitrogens is 4. The van der Waals surface area contributed by atoms with Gasteiger partial charge >= 0.3 is 0 Å². The molecular weight excluding hydrogens is 274 g/mol. The Hall–Kier alpha value is -2.28. The minimum Gasteiger partial charge on any atom is -0.494 e. The molecule has 0 bridgehead atoms. The highest BCUT2D eigenvalue weighted by Gasteiger charge is 2.07. The molecule has 2 heterocycles. The van der Waals surface area contributed by atoms with Crippen molar-refractivity contribution >= 4 is 28.6 Å². The highest BCUT2D eigenvalue weighted by atomic mass is 32.2. The van der Waals surface area contributed by atoms with Crippen LogP contribution in [0.2, 0.25) is 0 Å². The van der Waals surface area contributed by atoms with Crippen molar-refractivity contribution < 1.29 is 4.74 Å². The van der Waals surface area contributed by atoms with Crippen LogP contribution in [0.3, 0.4) is 0 Å². The molecule has 0 atom stereocenters. The monoisotopic (exact) mass is 287 g/mol. The van der Waals surface area contributed by atoms with Gasteiger partial charge in [0.2, 0.25) is 0 Å². The minimum absolute atomic E-state index is 0.403. The molecule has 3 rings (SSSR count). The first kappa shape index (κ1) is 12.7. The number of nitrogen functional groups attached to an aromatic ring is 1. The van der Waals surface area contributed by atoms with E-state index in [4.69, 9.17) is 10.5 Å². The number of aromatic amines is 1. The van der Waals surface area contributed by atoms with Gasteiger partial charge in [0.05, 0.1) is 17.6 Å². The smallest absolute Gasteiger partial charge is 0.172 e. The lowest BCUT2D eigenvalue weighted by Crippen LogP contribution is -1.92.